The molecule has 0 aromatic heterocycles. The molecule has 0 rings (SSSR count). The van der Waals surface area contributed by atoms with Gasteiger partial charge in [-0.3, -0.25) is 4.79 Å². The van der Waals surface area contributed by atoms with Crippen LogP contribution in [0.4, 0.5) is 0 Å². The van der Waals surface area contributed by atoms with Gasteiger partial charge in [0.1, 0.15) is 0 Å². The molecule has 0 aliphatic heterocycles. The van der Waals surface area contributed by atoms with E-state index < -0.39 is 34.5 Å². The summed E-state index contributed by atoms with van der Waals surface area (Å²) in [4.78, 5) is 10.8. The van der Waals surface area contributed by atoms with Crippen molar-refractivity contribution in [3.63, 3.8) is 0 Å². The summed E-state index contributed by atoms with van der Waals surface area (Å²) in [5, 5.41) is 17.3. The van der Waals surface area contributed by atoms with E-state index in [2.05, 4.69) is 4.74 Å². The fraction of sp³-hybridized carbons (Fsp3) is 0.857. The number of carbonyl (C=O) groups is 1. The standard InChI is InChI=1S/C7H15NO6S/c1-2-14-7(11)5-15(12,13)8-3-6(10)4-9/h6,8-10H,2-5H2,1H3. The number of rotatable bonds is 7. The Labute approximate surface area is 88.1 Å². The monoisotopic (exact) mass is 241 g/mol. The molecule has 0 aliphatic rings. The van der Waals surface area contributed by atoms with Gasteiger partial charge in [-0.2, -0.15) is 0 Å². The Morgan fingerprint density at radius 1 is 1.53 bits per heavy atom. The summed E-state index contributed by atoms with van der Waals surface area (Å²) in [6, 6.07) is 0. The van der Waals surface area contributed by atoms with Gasteiger partial charge >= 0.3 is 5.97 Å². The van der Waals surface area contributed by atoms with E-state index in [1.165, 1.54) is 0 Å². The maximum Gasteiger partial charge on any atom is 0.322 e. The highest BCUT2D eigenvalue weighted by molar-refractivity contribution is 7.90. The van der Waals surface area contributed by atoms with Gasteiger partial charge in [0.05, 0.1) is 19.3 Å². The number of aliphatic hydroxyl groups is 2. The molecule has 0 aromatic carbocycles. The van der Waals surface area contributed by atoms with E-state index in [9.17, 15) is 13.2 Å². The second kappa shape index (κ2) is 6.72. The van der Waals surface area contributed by atoms with Crippen LogP contribution >= 0.6 is 0 Å². The third-order valence-corrected chi connectivity index (χ3v) is 2.59. The number of sulfonamides is 1. The Kier molecular flexibility index (Phi) is 6.41. The predicted molar refractivity (Wildman–Crippen MR) is 51.5 cm³/mol. The largest absolute Gasteiger partial charge is 0.465 e. The molecule has 0 radical (unpaired) electrons. The van der Waals surface area contributed by atoms with Crippen LogP contribution in [0.5, 0.6) is 0 Å². The van der Waals surface area contributed by atoms with E-state index in [1.54, 1.807) is 6.92 Å². The first kappa shape index (κ1) is 14.3. The lowest BCUT2D eigenvalue weighted by Crippen LogP contribution is -2.37. The Hall–Kier alpha value is -0.700. The Morgan fingerprint density at radius 3 is 2.60 bits per heavy atom. The van der Waals surface area contributed by atoms with Crippen molar-refractivity contribution in [2.45, 2.75) is 13.0 Å². The molecule has 8 heteroatoms. The van der Waals surface area contributed by atoms with E-state index in [4.69, 9.17) is 10.2 Å². The van der Waals surface area contributed by atoms with Crippen molar-refractivity contribution in [3.8, 4) is 0 Å². The van der Waals surface area contributed by atoms with Crippen LogP contribution in [0.3, 0.4) is 0 Å². The highest BCUT2D eigenvalue weighted by Gasteiger charge is 2.18. The summed E-state index contributed by atoms with van der Waals surface area (Å²) in [6.45, 7) is 0.779. The molecule has 0 heterocycles. The van der Waals surface area contributed by atoms with Crippen LogP contribution in [0.2, 0.25) is 0 Å². The topological polar surface area (TPSA) is 113 Å². The van der Waals surface area contributed by atoms with E-state index >= 15 is 0 Å². The zero-order valence-corrected chi connectivity index (χ0v) is 9.16. The van der Waals surface area contributed by atoms with Crippen molar-refractivity contribution in [1.82, 2.24) is 4.72 Å². The minimum Gasteiger partial charge on any atom is -0.465 e. The molecule has 3 N–H and O–H groups in total. The number of nitrogens with one attached hydrogen (secondary N) is 1. The molecule has 0 spiro atoms. The second-order valence-electron chi connectivity index (χ2n) is 2.75. The molecule has 1 atom stereocenters. The molecule has 0 aromatic rings. The Bertz CT molecular complexity index is 288. The van der Waals surface area contributed by atoms with Gasteiger partial charge in [0.25, 0.3) is 0 Å². The molecular weight excluding hydrogens is 226 g/mol. The molecule has 0 bridgehead atoms. The van der Waals surface area contributed by atoms with Crippen molar-refractivity contribution in [1.29, 1.82) is 0 Å². The van der Waals surface area contributed by atoms with Crippen molar-refractivity contribution in [3.05, 3.63) is 0 Å². The molecule has 0 aliphatic carbocycles. The third-order valence-electron chi connectivity index (χ3n) is 1.36. The summed E-state index contributed by atoms with van der Waals surface area (Å²) in [5.41, 5.74) is 0. The molecule has 1 unspecified atom stereocenters. The van der Waals surface area contributed by atoms with Crippen LogP contribution in [-0.4, -0.2) is 56.2 Å². The first-order valence-electron chi connectivity index (χ1n) is 4.33. The van der Waals surface area contributed by atoms with Gasteiger partial charge < -0.3 is 14.9 Å². The molecule has 15 heavy (non-hydrogen) atoms. The molecule has 0 saturated carbocycles. The van der Waals surface area contributed by atoms with E-state index in [0.29, 0.717) is 0 Å². The van der Waals surface area contributed by atoms with Crippen LogP contribution in [-0.2, 0) is 19.6 Å². The van der Waals surface area contributed by atoms with Crippen LogP contribution in [0.25, 0.3) is 0 Å². The number of hydrogen-bond acceptors (Lipinski definition) is 6. The number of carbonyl (C=O) groups excluding carboxylic acids is 1. The first-order chi connectivity index (χ1) is 6.91. The second-order valence-corrected chi connectivity index (χ2v) is 4.56. The van der Waals surface area contributed by atoms with Crippen LogP contribution in [0.1, 0.15) is 6.92 Å². The molecule has 0 saturated heterocycles. The number of aliphatic hydroxyl groups excluding tert-OH is 2. The van der Waals surface area contributed by atoms with Gasteiger partial charge in [-0.25, -0.2) is 13.1 Å². The highest BCUT2D eigenvalue weighted by Crippen LogP contribution is 1.89. The lowest BCUT2D eigenvalue weighted by atomic mass is 10.4. The fourth-order valence-corrected chi connectivity index (χ4v) is 1.64. The van der Waals surface area contributed by atoms with Gasteiger partial charge in [-0.15, -0.1) is 0 Å². The average Bonchev–Trinajstić information content (AvgIpc) is 2.13. The third kappa shape index (κ3) is 7.25. The molecule has 90 valence electrons. The fourth-order valence-electron chi connectivity index (χ4n) is 0.697. The summed E-state index contributed by atoms with van der Waals surface area (Å²) in [6.07, 6.45) is -1.18. The van der Waals surface area contributed by atoms with Gasteiger partial charge in [0.2, 0.25) is 10.0 Å². The highest BCUT2D eigenvalue weighted by atomic mass is 32.2. The SMILES string of the molecule is CCOC(=O)CS(=O)(=O)NCC(O)CO. The summed E-state index contributed by atoms with van der Waals surface area (Å²) >= 11 is 0. The van der Waals surface area contributed by atoms with Gasteiger partial charge in [-0.05, 0) is 6.92 Å². The molecular formula is C7H15NO6S. The Morgan fingerprint density at radius 2 is 2.13 bits per heavy atom. The first-order valence-corrected chi connectivity index (χ1v) is 5.98. The van der Waals surface area contributed by atoms with Gasteiger partial charge in [-0.1, -0.05) is 0 Å². The predicted octanol–water partition coefficient (Wildman–Crippen LogP) is -2.18. The summed E-state index contributed by atoms with van der Waals surface area (Å²) in [7, 11) is -3.80. The van der Waals surface area contributed by atoms with Gasteiger partial charge in [0.15, 0.2) is 5.75 Å². The molecule has 0 fully saturated rings. The van der Waals surface area contributed by atoms with Crippen LogP contribution in [0, 0.1) is 0 Å². The summed E-state index contributed by atoms with van der Waals surface area (Å²) < 4.78 is 28.7. The lowest BCUT2D eigenvalue weighted by Gasteiger charge is -2.09. The zero-order chi connectivity index (χ0) is 11.9. The molecule has 7 nitrogen and oxygen atoms in total. The van der Waals surface area contributed by atoms with Crippen LogP contribution in [0.15, 0.2) is 0 Å². The van der Waals surface area contributed by atoms with E-state index in [0.717, 1.165) is 0 Å². The van der Waals surface area contributed by atoms with Crippen molar-refractivity contribution in [2.24, 2.45) is 0 Å². The van der Waals surface area contributed by atoms with E-state index in [1.807, 2.05) is 4.72 Å². The normalized spacial score (nSPS) is 13.5. The number of ether oxygens (including phenoxy) is 1. The van der Waals surface area contributed by atoms with Crippen molar-refractivity contribution >= 4 is 16.0 Å². The van der Waals surface area contributed by atoms with Crippen molar-refractivity contribution in [2.75, 3.05) is 25.5 Å². The quantitative estimate of drug-likeness (QED) is 0.437. The number of hydrogen-bond donors (Lipinski definition) is 3. The maximum absolute atomic E-state index is 11.1. The zero-order valence-electron chi connectivity index (χ0n) is 8.34. The Balaban J connectivity index is 4.03. The molecule has 0 amide bonds. The smallest absolute Gasteiger partial charge is 0.322 e. The van der Waals surface area contributed by atoms with E-state index in [-0.39, 0.29) is 13.2 Å². The minimum atomic E-state index is -3.80. The van der Waals surface area contributed by atoms with Crippen molar-refractivity contribution < 1.29 is 28.2 Å². The minimum absolute atomic E-state index is 0.105. The maximum atomic E-state index is 11.1. The lowest BCUT2D eigenvalue weighted by molar-refractivity contribution is -0.139. The van der Waals surface area contributed by atoms with Gasteiger partial charge in [0, 0.05) is 6.54 Å². The van der Waals surface area contributed by atoms with Crippen LogP contribution < -0.4 is 4.72 Å². The number of esters is 1. The average molecular weight is 241 g/mol. The summed E-state index contributed by atoms with van der Waals surface area (Å²) in [5.74, 6) is -1.65.